The second kappa shape index (κ2) is 4.23. The van der Waals surface area contributed by atoms with Gasteiger partial charge in [-0.05, 0) is 31.0 Å². The molecule has 82 valence electrons. The van der Waals surface area contributed by atoms with Gasteiger partial charge in [0.1, 0.15) is 5.75 Å². The lowest BCUT2D eigenvalue weighted by Crippen LogP contribution is -2.34. The molecular formula is C12H12N2O2. The van der Waals surface area contributed by atoms with Crippen molar-refractivity contribution in [3.63, 3.8) is 0 Å². The number of ether oxygens (including phenoxy) is 1. The number of hydrogen-bond donors (Lipinski definition) is 1. The van der Waals surface area contributed by atoms with Crippen LogP contribution < -0.4 is 10.1 Å². The summed E-state index contributed by atoms with van der Waals surface area (Å²) < 4.78 is 5.43. The molecule has 0 fully saturated rings. The van der Waals surface area contributed by atoms with Crippen molar-refractivity contribution in [2.75, 3.05) is 5.32 Å². The summed E-state index contributed by atoms with van der Waals surface area (Å²) in [5.41, 5.74) is 1.72. The van der Waals surface area contributed by atoms with E-state index in [9.17, 15) is 4.79 Å². The van der Waals surface area contributed by atoms with Crippen LogP contribution in [0.15, 0.2) is 18.2 Å². The molecule has 0 bridgehead atoms. The highest BCUT2D eigenvalue weighted by atomic mass is 16.5. The van der Waals surface area contributed by atoms with Gasteiger partial charge in [0.05, 0.1) is 11.8 Å². The third kappa shape index (κ3) is 1.98. The van der Waals surface area contributed by atoms with E-state index >= 15 is 0 Å². The van der Waals surface area contributed by atoms with Gasteiger partial charge in [0, 0.05) is 6.42 Å². The van der Waals surface area contributed by atoms with Crippen LogP contribution in [-0.4, -0.2) is 12.0 Å². The SMILES string of the molecule is CC1Oc2ccc(CCC#N)cc2NC1=O. The lowest BCUT2D eigenvalue weighted by atomic mass is 10.1. The van der Waals surface area contributed by atoms with Crippen molar-refractivity contribution in [1.82, 2.24) is 0 Å². The Hall–Kier alpha value is -2.02. The second-order valence-corrected chi connectivity index (χ2v) is 3.74. The highest BCUT2D eigenvalue weighted by molar-refractivity contribution is 5.97. The Morgan fingerprint density at radius 1 is 1.56 bits per heavy atom. The minimum absolute atomic E-state index is 0.134. The first-order chi connectivity index (χ1) is 7.70. The molecule has 1 N–H and O–H groups in total. The van der Waals surface area contributed by atoms with E-state index in [1.807, 2.05) is 18.2 Å². The van der Waals surface area contributed by atoms with E-state index in [2.05, 4.69) is 11.4 Å². The summed E-state index contributed by atoms with van der Waals surface area (Å²) in [5, 5.41) is 11.3. The Kier molecular flexibility index (Phi) is 2.78. The predicted octanol–water partition coefficient (Wildman–Crippen LogP) is 1.86. The number of carbonyl (C=O) groups is 1. The van der Waals surface area contributed by atoms with Gasteiger partial charge in [0.25, 0.3) is 5.91 Å². The Morgan fingerprint density at radius 2 is 2.38 bits per heavy atom. The standard InChI is InChI=1S/C12H12N2O2/c1-8-12(15)14-10-7-9(3-2-6-13)4-5-11(10)16-8/h4-5,7-8H,2-3H2,1H3,(H,14,15). The molecule has 1 heterocycles. The average molecular weight is 216 g/mol. The first kappa shape index (κ1) is 10.5. The summed E-state index contributed by atoms with van der Waals surface area (Å²) in [6, 6.07) is 7.70. The number of amides is 1. The van der Waals surface area contributed by atoms with Crippen LogP contribution in [0.1, 0.15) is 18.9 Å². The van der Waals surface area contributed by atoms with Crippen LogP contribution in [-0.2, 0) is 11.2 Å². The van der Waals surface area contributed by atoms with Gasteiger partial charge in [-0.15, -0.1) is 0 Å². The van der Waals surface area contributed by atoms with Gasteiger partial charge in [0.15, 0.2) is 6.10 Å². The third-order valence-corrected chi connectivity index (χ3v) is 2.50. The summed E-state index contributed by atoms with van der Waals surface area (Å²) in [6.45, 7) is 1.71. The molecule has 1 aromatic rings. The number of rotatable bonds is 2. The summed E-state index contributed by atoms with van der Waals surface area (Å²) >= 11 is 0. The molecule has 1 aliphatic rings. The van der Waals surface area contributed by atoms with Gasteiger partial charge in [-0.2, -0.15) is 5.26 Å². The number of aryl methyl sites for hydroxylation is 1. The maximum Gasteiger partial charge on any atom is 0.265 e. The molecule has 4 heteroatoms. The Balaban J connectivity index is 2.23. The van der Waals surface area contributed by atoms with Crippen LogP contribution in [0.2, 0.25) is 0 Å². The van der Waals surface area contributed by atoms with E-state index in [4.69, 9.17) is 10.00 Å². The van der Waals surface area contributed by atoms with Crippen LogP contribution >= 0.6 is 0 Å². The number of carbonyl (C=O) groups excluding carboxylic acids is 1. The first-order valence-corrected chi connectivity index (χ1v) is 5.18. The fourth-order valence-electron chi connectivity index (χ4n) is 1.61. The lowest BCUT2D eigenvalue weighted by Gasteiger charge is -2.23. The number of nitrogens with one attached hydrogen (secondary N) is 1. The molecule has 0 radical (unpaired) electrons. The predicted molar refractivity (Wildman–Crippen MR) is 59.1 cm³/mol. The van der Waals surface area contributed by atoms with Gasteiger partial charge in [0.2, 0.25) is 0 Å². The van der Waals surface area contributed by atoms with Gasteiger partial charge >= 0.3 is 0 Å². The summed E-state index contributed by atoms with van der Waals surface area (Å²) in [4.78, 5) is 11.4. The van der Waals surface area contributed by atoms with Crippen molar-refractivity contribution < 1.29 is 9.53 Å². The molecule has 0 aromatic heterocycles. The van der Waals surface area contributed by atoms with Crippen molar-refractivity contribution in [3.8, 4) is 11.8 Å². The van der Waals surface area contributed by atoms with E-state index in [-0.39, 0.29) is 5.91 Å². The molecule has 16 heavy (non-hydrogen) atoms. The molecule has 2 rings (SSSR count). The van der Waals surface area contributed by atoms with Crippen LogP contribution in [0.5, 0.6) is 5.75 Å². The maximum atomic E-state index is 11.4. The molecule has 1 atom stereocenters. The van der Waals surface area contributed by atoms with Crippen molar-refractivity contribution in [2.45, 2.75) is 25.9 Å². The number of nitrogens with zero attached hydrogens (tertiary/aromatic N) is 1. The smallest absolute Gasteiger partial charge is 0.265 e. The zero-order valence-corrected chi connectivity index (χ0v) is 8.99. The number of fused-ring (bicyclic) bond motifs is 1. The zero-order chi connectivity index (χ0) is 11.5. The van der Waals surface area contributed by atoms with Crippen LogP contribution in [0.25, 0.3) is 0 Å². The quantitative estimate of drug-likeness (QED) is 0.820. The van der Waals surface area contributed by atoms with E-state index < -0.39 is 6.10 Å². The molecule has 0 saturated heterocycles. The fraction of sp³-hybridized carbons (Fsp3) is 0.333. The fourth-order valence-corrected chi connectivity index (χ4v) is 1.61. The molecule has 4 nitrogen and oxygen atoms in total. The van der Waals surface area contributed by atoms with Gasteiger partial charge in [-0.25, -0.2) is 0 Å². The summed E-state index contributed by atoms with van der Waals surface area (Å²) in [6.07, 6.45) is 0.719. The van der Waals surface area contributed by atoms with Gasteiger partial charge < -0.3 is 10.1 Å². The molecule has 0 saturated carbocycles. The number of hydrogen-bond acceptors (Lipinski definition) is 3. The van der Waals surface area contributed by atoms with Crippen molar-refractivity contribution in [2.24, 2.45) is 0 Å². The van der Waals surface area contributed by atoms with Crippen molar-refractivity contribution >= 4 is 11.6 Å². The molecule has 0 spiro atoms. The zero-order valence-electron chi connectivity index (χ0n) is 8.99. The van der Waals surface area contributed by atoms with E-state index in [0.29, 0.717) is 24.3 Å². The highest BCUT2D eigenvalue weighted by Crippen LogP contribution is 2.30. The molecule has 0 aliphatic carbocycles. The average Bonchev–Trinajstić information content (AvgIpc) is 2.28. The number of benzene rings is 1. The van der Waals surface area contributed by atoms with Crippen LogP contribution in [0, 0.1) is 11.3 Å². The molecule has 1 amide bonds. The van der Waals surface area contributed by atoms with E-state index in [1.54, 1.807) is 6.92 Å². The maximum absolute atomic E-state index is 11.4. The Labute approximate surface area is 93.8 Å². The Bertz CT molecular complexity index is 463. The van der Waals surface area contributed by atoms with Crippen molar-refractivity contribution in [3.05, 3.63) is 23.8 Å². The number of anilines is 1. The normalized spacial score (nSPS) is 18.0. The lowest BCUT2D eigenvalue weighted by molar-refractivity contribution is -0.122. The minimum atomic E-state index is -0.447. The highest BCUT2D eigenvalue weighted by Gasteiger charge is 2.23. The minimum Gasteiger partial charge on any atom is -0.479 e. The summed E-state index contributed by atoms with van der Waals surface area (Å²) in [5.74, 6) is 0.553. The Morgan fingerprint density at radius 3 is 3.12 bits per heavy atom. The number of nitriles is 1. The molecule has 1 aliphatic heterocycles. The van der Waals surface area contributed by atoms with E-state index in [0.717, 1.165) is 5.56 Å². The van der Waals surface area contributed by atoms with Crippen molar-refractivity contribution in [1.29, 1.82) is 5.26 Å². The molecule has 1 unspecified atom stereocenters. The third-order valence-electron chi connectivity index (χ3n) is 2.50. The topological polar surface area (TPSA) is 62.1 Å². The van der Waals surface area contributed by atoms with Gasteiger partial charge in [-0.3, -0.25) is 4.79 Å². The van der Waals surface area contributed by atoms with Gasteiger partial charge in [-0.1, -0.05) is 6.07 Å². The second-order valence-electron chi connectivity index (χ2n) is 3.74. The monoisotopic (exact) mass is 216 g/mol. The molecular weight excluding hydrogens is 204 g/mol. The summed E-state index contributed by atoms with van der Waals surface area (Å²) in [7, 11) is 0. The molecule has 1 aromatic carbocycles. The largest absolute Gasteiger partial charge is 0.479 e. The van der Waals surface area contributed by atoms with Crippen LogP contribution in [0.3, 0.4) is 0 Å². The first-order valence-electron chi connectivity index (χ1n) is 5.18. The van der Waals surface area contributed by atoms with E-state index in [1.165, 1.54) is 0 Å². The van der Waals surface area contributed by atoms with Crippen LogP contribution in [0.4, 0.5) is 5.69 Å².